The Hall–Kier alpha value is -6.59. The highest BCUT2D eigenvalue weighted by Crippen LogP contribution is 2.36. The van der Waals surface area contributed by atoms with Gasteiger partial charge in [-0.3, -0.25) is 39.4 Å². The van der Waals surface area contributed by atoms with E-state index in [1.807, 2.05) is 66.7 Å². The smallest absolute Gasteiger partial charge is 0.328 e. The van der Waals surface area contributed by atoms with Gasteiger partial charge in [0, 0.05) is 49.2 Å². The molecule has 25 heteroatoms. The lowest BCUT2D eigenvalue weighted by molar-refractivity contribution is -0.385. The number of carbonyl (C=O) groups excluding carboxylic acids is 6. The number of nitrogens with zero attached hydrogens (tertiary/aromatic N) is 2. The zero-order chi connectivity index (χ0) is 60.3. The number of carbonyl (C=O) groups is 6. The summed E-state index contributed by atoms with van der Waals surface area (Å²) in [5.41, 5.74) is 13.3. The molecule has 2 aliphatic carbocycles. The summed E-state index contributed by atoms with van der Waals surface area (Å²) in [5, 5.41) is 30.6. The lowest BCUT2D eigenvalue weighted by Gasteiger charge is -2.26. The van der Waals surface area contributed by atoms with Gasteiger partial charge in [-0.2, -0.15) is 27.0 Å². The van der Waals surface area contributed by atoms with Crippen molar-refractivity contribution < 1.29 is 48.1 Å². The van der Waals surface area contributed by atoms with Crippen molar-refractivity contribution in [2.75, 3.05) is 26.6 Å². The van der Waals surface area contributed by atoms with E-state index in [2.05, 4.69) is 20.7 Å². The zero-order valence-electron chi connectivity index (χ0n) is 46.1. The van der Waals surface area contributed by atoms with Gasteiger partial charge in [0.05, 0.1) is 67.7 Å². The minimum absolute atomic E-state index is 0. The molecule has 0 spiro atoms. The predicted octanol–water partition coefficient (Wildman–Crippen LogP) is 13.8. The Morgan fingerprint density at radius 1 is 0.575 bits per heavy atom. The predicted molar refractivity (Wildman–Crippen MR) is 354 cm³/mol. The van der Waals surface area contributed by atoms with Crippen LogP contribution in [0.15, 0.2) is 121 Å². The maximum absolute atomic E-state index is 13.1. The summed E-state index contributed by atoms with van der Waals surface area (Å²) in [5.74, 6) is -3.28. The van der Waals surface area contributed by atoms with Crippen LogP contribution in [-0.4, -0.2) is 83.9 Å². The normalized spacial score (nSPS) is 14.0. The number of nitrogens with one attached hydrogen (secondary N) is 3. The molecule has 468 valence electrons. The second-order valence-electron chi connectivity index (χ2n) is 19.4. The average molecular weight is 1330 g/mol. The highest BCUT2D eigenvalue weighted by molar-refractivity contribution is 7.59. The SMILES string of the molecule is C.C.COC(=O)[C@H](CCC(=O)CCl)NC(=O)c1c(Cl)cc(-c2ccccc2)cc1Cl.COC(=O)[C@H](CCC(=O)CNC1CCCc2ccc([N+](=O)[O-])cc21)NC(=O)c1c(Cl)cc(-c2ccccc2)cc1Cl.NC1CCCc2ccc([N+](=O)[O-])cc21.S.S. The van der Waals surface area contributed by atoms with Crippen LogP contribution in [0.2, 0.25) is 20.1 Å². The molecule has 4 atom stereocenters. The molecular formula is C62H71Cl5N6O12S2. The number of methoxy groups -OCH3 is 2. The van der Waals surface area contributed by atoms with Gasteiger partial charge in [0.25, 0.3) is 23.2 Å². The molecule has 87 heavy (non-hydrogen) atoms. The molecule has 6 aromatic carbocycles. The van der Waals surface area contributed by atoms with Gasteiger partial charge in [-0.1, -0.05) is 134 Å². The molecule has 5 N–H and O–H groups in total. The van der Waals surface area contributed by atoms with E-state index < -0.39 is 40.8 Å². The molecule has 0 aliphatic heterocycles. The van der Waals surface area contributed by atoms with E-state index in [1.54, 1.807) is 48.5 Å². The number of halogens is 5. The van der Waals surface area contributed by atoms with Gasteiger partial charge >= 0.3 is 11.9 Å². The first-order valence-electron chi connectivity index (χ1n) is 26.2. The first-order valence-corrected chi connectivity index (χ1v) is 28.3. The molecule has 2 amide bonds. The summed E-state index contributed by atoms with van der Waals surface area (Å²) in [7, 11) is 2.39. The van der Waals surface area contributed by atoms with E-state index >= 15 is 0 Å². The highest BCUT2D eigenvalue weighted by atomic mass is 35.5. The Morgan fingerprint density at radius 2 is 0.966 bits per heavy atom. The van der Waals surface area contributed by atoms with Crippen molar-refractivity contribution in [1.82, 2.24) is 16.0 Å². The molecule has 0 saturated carbocycles. The average Bonchev–Trinajstić information content (AvgIpc) is 1.91. The summed E-state index contributed by atoms with van der Waals surface area (Å²) in [6.45, 7) is 0.00718. The van der Waals surface area contributed by atoms with Crippen LogP contribution in [0.3, 0.4) is 0 Å². The first-order chi connectivity index (χ1) is 39.7. The fraction of sp³-hybridized carbons (Fsp3) is 0.323. The van der Waals surface area contributed by atoms with Crippen LogP contribution in [0.5, 0.6) is 0 Å². The summed E-state index contributed by atoms with van der Waals surface area (Å²) < 4.78 is 9.53. The minimum atomic E-state index is -1.10. The van der Waals surface area contributed by atoms with E-state index in [0.29, 0.717) is 0 Å². The molecule has 0 saturated heterocycles. The van der Waals surface area contributed by atoms with Gasteiger partial charge in [-0.25, -0.2) is 9.59 Å². The van der Waals surface area contributed by atoms with E-state index in [0.717, 1.165) is 83.0 Å². The number of nitro groups is 2. The number of nitro benzene ring substituents is 2. The molecule has 2 unspecified atom stereocenters. The Balaban J connectivity index is 0.000000485. The van der Waals surface area contributed by atoms with Gasteiger partial charge in [-0.05, 0) is 120 Å². The number of nitrogens with two attached hydrogens (primary N) is 1. The van der Waals surface area contributed by atoms with Gasteiger partial charge in [0.15, 0.2) is 0 Å². The molecule has 18 nitrogen and oxygen atoms in total. The Labute approximate surface area is 545 Å². The molecule has 0 bridgehead atoms. The summed E-state index contributed by atoms with van der Waals surface area (Å²) in [6, 6.07) is 32.8. The number of ketones is 2. The maximum atomic E-state index is 13.1. The molecule has 0 fully saturated rings. The standard InChI is InChI=1S/C30H29Cl2N3O6.C20H18Cl3NO4.C10H12N2O2.2CH4.2H2S/c1-41-30(38)27(34-29(37)28-24(31)14-20(15-25(28)32)18-6-3-2-4-7-18)13-12-22(36)17-33-26-9-5-8-19-10-11-21(35(39)40)16-23(19)26;1-28-20(27)17(8-7-14(25)11-21)24-19(26)18-15(22)9-13(10-16(18)23)12-5-3-2-4-6-12;11-10-3-1-2-7-4-5-8(12(13)14)6-9(7)10;;;;/h2-4,6-7,10-11,14-16,26-27,33H,5,8-9,12-13,17H2,1H3,(H,34,37);2-6,9-10,17H,7-8,11H2,1H3,(H,24,26);4-6,10H,1-3,11H2;2*1H4;2*1H2/t26?,27-;17-;;;;;/m00...../s1. The number of benzene rings is 6. The van der Waals surface area contributed by atoms with Crippen LogP contribution >= 0.6 is 85.0 Å². The van der Waals surface area contributed by atoms with E-state index in [-0.39, 0.29) is 151 Å². The van der Waals surface area contributed by atoms with E-state index in [4.69, 9.17) is 68.5 Å². The quantitative estimate of drug-likeness (QED) is 0.0240. The molecule has 2 aliphatic rings. The number of amides is 2. The van der Waals surface area contributed by atoms with Crippen molar-refractivity contribution >= 4 is 132 Å². The Morgan fingerprint density at radius 3 is 1.37 bits per heavy atom. The summed E-state index contributed by atoms with van der Waals surface area (Å²) >= 11 is 30.9. The van der Waals surface area contributed by atoms with Crippen molar-refractivity contribution in [3.05, 3.63) is 195 Å². The van der Waals surface area contributed by atoms with Crippen LogP contribution < -0.4 is 21.7 Å². The van der Waals surface area contributed by atoms with Crippen molar-refractivity contribution in [2.45, 2.75) is 103 Å². The van der Waals surface area contributed by atoms with Crippen molar-refractivity contribution in [1.29, 1.82) is 0 Å². The van der Waals surface area contributed by atoms with Crippen LogP contribution in [-0.2, 0) is 41.5 Å². The van der Waals surface area contributed by atoms with Crippen molar-refractivity contribution in [2.24, 2.45) is 5.73 Å². The number of ether oxygens (including phenoxy) is 2. The van der Waals surface area contributed by atoms with Gasteiger partial charge in [-0.15, -0.1) is 11.6 Å². The molecular weight excluding hydrogens is 1260 g/mol. The minimum Gasteiger partial charge on any atom is -0.467 e. The fourth-order valence-corrected chi connectivity index (χ4v) is 10.9. The van der Waals surface area contributed by atoms with Gasteiger partial charge < -0.3 is 31.2 Å². The number of fused-ring (bicyclic) bond motifs is 2. The van der Waals surface area contributed by atoms with Crippen LogP contribution in [0, 0.1) is 20.2 Å². The summed E-state index contributed by atoms with van der Waals surface area (Å²) in [6.07, 6.45) is 5.51. The topological polar surface area (TPSA) is 269 Å². The molecule has 0 heterocycles. The van der Waals surface area contributed by atoms with Gasteiger partial charge in [0.2, 0.25) is 0 Å². The third-order valence-corrected chi connectivity index (χ3v) is 15.3. The number of non-ortho nitro benzene ring substituents is 2. The maximum Gasteiger partial charge on any atom is 0.328 e. The number of alkyl halides is 1. The van der Waals surface area contributed by atoms with E-state index in [1.165, 1.54) is 20.3 Å². The van der Waals surface area contributed by atoms with Crippen LogP contribution in [0.4, 0.5) is 11.4 Å². The number of rotatable bonds is 20. The largest absolute Gasteiger partial charge is 0.467 e. The number of hydrogen-bond donors (Lipinski definition) is 4. The monoisotopic (exact) mass is 1330 g/mol. The summed E-state index contributed by atoms with van der Waals surface area (Å²) in [4.78, 5) is 95.3. The van der Waals surface area contributed by atoms with Gasteiger partial charge in [0.1, 0.15) is 23.7 Å². The number of esters is 2. The third kappa shape index (κ3) is 21.6. The Kier molecular flexibility index (Phi) is 32.8. The lowest BCUT2D eigenvalue weighted by atomic mass is 9.87. The fourth-order valence-electron chi connectivity index (χ4n) is 9.47. The molecule has 8 rings (SSSR count). The number of Topliss-reactive ketones (excluding diaryl/α,β-unsaturated/α-hetero) is 2. The third-order valence-electron chi connectivity index (χ3n) is 13.8. The highest BCUT2D eigenvalue weighted by Gasteiger charge is 2.29. The molecule has 6 aromatic rings. The lowest BCUT2D eigenvalue weighted by Crippen LogP contribution is -2.42. The molecule has 0 radical (unpaired) electrons. The van der Waals surface area contributed by atoms with Crippen molar-refractivity contribution in [3.8, 4) is 22.3 Å². The molecule has 0 aromatic heterocycles. The van der Waals surface area contributed by atoms with Crippen LogP contribution in [0.25, 0.3) is 22.3 Å². The zero-order valence-corrected chi connectivity index (χ0v) is 51.9. The second-order valence-corrected chi connectivity index (χ2v) is 21.2. The van der Waals surface area contributed by atoms with Crippen LogP contribution in [0.1, 0.15) is 121 Å². The Bertz CT molecular complexity index is 3320. The number of aryl methyl sites for hydroxylation is 2. The second kappa shape index (κ2) is 37.3. The van der Waals surface area contributed by atoms with E-state index in [9.17, 15) is 49.0 Å². The first kappa shape index (κ1) is 76.5. The number of hydrogen-bond acceptors (Lipinski definition) is 14. The van der Waals surface area contributed by atoms with Crippen molar-refractivity contribution in [3.63, 3.8) is 0 Å².